The number of likely N-dealkylation sites (tertiary alicyclic amines) is 1. The van der Waals surface area contributed by atoms with Gasteiger partial charge in [-0.1, -0.05) is 11.6 Å². The second kappa shape index (κ2) is 5.92. The van der Waals surface area contributed by atoms with Crippen LogP contribution in [0.1, 0.15) is 23.2 Å². The van der Waals surface area contributed by atoms with Crippen LogP contribution in [-0.4, -0.2) is 52.8 Å². The van der Waals surface area contributed by atoms with E-state index in [-0.39, 0.29) is 23.8 Å². The molecule has 9 heteroatoms. The van der Waals surface area contributed by atoms with E-state index in [2.05, 4.69) is 10.3 Å². The highest BCUT2D eigenvalue weighted by molar-refractivity contribution is 6.29. The minimum atomic E-state index is -4.69. The largest absolute Gasteiger partial charge is 0.417 e. The summed E-state index contributed by atoms with van der Waals surface area (Å²) in [6.07, 6.45) is -5.78. The Morgan fingerprint density at radius 3 is 2.50 bits per heavy atom. The lowest BCUT2D eigenvalue weighted by molar-refractivity contribution is -0.271. The zero-order valence-corrected chi connectivity index (χ0v) is 12.5. The van der Waals surface area contributed by atoms with Crippen molar-refractivity contribution in [3.63, 3.8) is 0 Å². The van der Waals surface area contributed by atoms with Crippen molar-refractivity contribution in [3.8, 4) is 0 Å². The first-order valence-electron chi connectivity index (χ1n) is 6.60. The highest BCUT2D eigenvalue weighted by Gasteiger charge is 2.54. The second-order valence-corrected chi connectivity index (χ2v) is 5.52. The molecule has 122 valence electrons. The Hall–Kier alpha value is -1.54. The maximum Gasteiger partial charge on any atom is 0.417 e. The van der Waals surface area contributed by atoms with Gasteiger partial charge in [0, 0.05) is 38.5 Å². The maximum absolute atomic E-state index is 12.7. The first-order valence-corrected chi connectivity index (χ1v) is 6.98. The van der Waals surface area contributed by atoms with E-state index in [4.69, 9.17) is 11.6 Å². The molecular weight excluding hydrogens is 323 g/mol. The number of nitrogens with zero attached hydrogens (tertiary/aromatic N) is 2. The molecule has 2 N–H and O–H groups in total. The predicted octanol–water partition coefficient (Wildman–Crippen LogP) is 2.31. The lowest BCUT2D eigenvalue weighted by atomic mass is 9.90. The van der Waals surface area contributed by atoms with E-state index < -0.39 is 30.5 Å². The maximum atomic E-state index is 12.7. The molecule has 5 nitrogen and oxygen atoms in total. The van der Waals surface area contributed by atoms with E-state index in [0.29, 0.717) is 5.82 Å². The Morgan fingerprint density at radius 2 is 2.00 bits per heavy atom. The molecule has 1 aliphatic heterocycles. The van der Waals surface area contributed by atoms with Gasteiger partial charge in [0.2, 0.25) is 0 Å². The van der Waals surface area contributed by atoms with Crippen molar-refractivity contribution in [2.75, 3.05) is 25.5 Å². The third-order valence-electron chi connectivity index (χ3n) is 3.70. The van der Waals surface area contributed by atoms with Crippen LogP contribution in [0.4, 0.5) is 19.0 Å². The molecule has 0 unspecified atom stereocenters. The standard InChI is InChI=1S/C13H15ClF3N3O2/c1-18-10-7-8(6-9(14)19-10)11(21)20-4-2-12(22,3-5-20)13(15,16)17/h6-7,22H,2-5H2,1H3,(H,18,19). The van der Waals surface area contributed by atoms with Crippen molar-refractivity contribution in [1.29, 1.82) is 0 Å². The zero-order valence-electron chi connectivity index (χ0n) is 11.7. The molecule has 0 aromatic carbocycles. The number of hydrogen-bond donors (Lipinski definition) is 2. The van der Waals surface area contributed by atoms with Gasteiger partial charge in [-0.3, -0.25) is 4.79 Å². The number of pyridine rings is 1. The smallest absolute Gasteiger partial charge is 0.380 e. The fourth-order valence-electron chi connectivity index (χ4n) is 2.29. The summed E-state index contributed by atoms with van der Waals surface area (Å²) in [5.41, 5.74) is -2.49. The molecule has 2 rings (SSSR count). The number of carbonyl (C=O) groups excluding carboxylic acids is 1. The van der Waals surface area contributed by atoms with Crippen molar-refractivity contribution in [1.82, 2.24) is 9.88 Å². The number of carbonyl (C=O) groups is 1. The fourth-order valence-corrected chi connectivity index (χ4v) is 2.50. The van der Waals surface area contributed by atoms with Crippen LogP contribution >= 0.6 is 11.6 Å². The van der Waals surface area contributed by atoms with Crippen LogP contribution in [0.3, 0.4) is 0 Å². The van der Waals surface area contributed by atoms with Gasteiger partial charge in [-0.2, -0.15) is 13.2 Å². The Balaban J connectivity index is 2.12. The molecule has 0 bridgehead atoms. The first-order chi connectivity index (χ1) is 10.2. The zero-order chi connectivity index (χ0) is 16.5. The third-order valence-corrected chi connectivity index (χ3v) is 3.90. The summed E-state index contributed by atoms with van der Waals surface area (Å²) >= 11 is 5.81. The monoisotopic (exact) mass is 337 g/mol. The number of anilines is 1. The van der Waals surface area contributed by atoms with Gasteiger partial charge >= 0.3 is 6.18 Å². The summed E-state index contributed by atoms with van der Waals surface area (Å²) < 4.78 is 38.2. The van der Waals surface area contributed by atoms with Gasteiger partial charge in [-0.05, 0) is 12.1 Å². The first kappa shape index (κ1) is 16.8. The van der Waals surface area contributed by atoms with Gasteiger partial charge in [0.1, 0.15) is 11.0 Å². The lowest BCUT2D eigenvalue weighted by Crippen LogP contribution is -2.54. The van der Waals surface area contributed by atoms with E-state index in [1.807, 2.05) is 0 Å². The number of hydrogen-bond acceptors (Lipinski definition) is 4. The molecule has 0 atom stereocenters. The highest BCUT2D eigenvalue weighted by atomic mass is 35.5. The van der Waals surface area contributed by atoms with Crippen LogP contribution in [0.25, 0.3) is 0 Å². The Kier molecular flexibility index (Phi) is 4.53. The van der Waals surface area contributed by atoms with E-state index in [1.54, 1.807) is 7.05 Å². The number of rotatable bonds is 2. The molecule has 0 spiro atoms. The summed E-state index contributed by atoms with van der Waals surface area (Å²) in [5, 5.41) is 12.5. The number of halogens is 4. The van der Waals surface area contributed by atoms with Gasteiger partial charge in [0.05, 0.1) is 0 Å². The van der Waals surface area contributed by atoms with Gasteiger partial charge in [0.25, 0.3) is 5.91 Å². The highest BCUT2D eigenvalue weighted by Crippen LogP contribution is 2.38. The molecule has 1 aromatic heterocycles. The molecule has 1 fully saturated rings. The molecule has 1 saturated heterocycles. The van der Waals surface area contributed by atoms with E-state index in [1.165, 1.54) is 17.0 Å². The minimum Gasteiger partial charge on any atom is -0.380 e. The summed E-state index contributed by atoms with van der Waals surface area (Å²) in [7, 11) is 1.61. The number of nitrogens with one attached hydrogen (secondary N) is 1. The predicted molar refractivity (Wildman–Crippen MR) is 74.9 cm³/mol. The van der Waals surface area contributed by atoms with Gasteiger partial charge < -0.3 is 15.3 Å². The van der Waals surface area contributed by atoms with Gasteiger partial charge in [-0.25, -0.2) is 4.98 Å². The van der Waals surface area contributed by atoms with E-state index in [9.17, 15) is 23.1 Å². The molecule has 1 aliphatic rings. The van der Waals surface area contributed by atoms with Crippen LogP contribution < -0.4 is 5.32 Å². The van der Waals surface area contributed by atoms with Crippen LogP contribution in [0, 0.1) is 0 Å². The number of aromatic nitrogens is 1. The molecular formula is C13H15ClF3N3O2. The average Bonchev–Trinajstić information content (AvgIpc) is 2.45. The van der Waals surface area contributed by atoms with E-state index in [0.717, 1.165) is 0 Å². The van der Waals surface area contributed by atoms with Crippen LogP contribution in [0.5, 0.6) is 0 Å². The summed E-state index contributed by atoms with van der Waals surface area (Å²) in [5.74, 6) is -0.0512. The number of alkyl halides is 3. The van der Waals surface area contributed by atoms with E-state index >= 15 is 0 Å². The molecule has 2 heterocycles. The van der Waals surface area contributed by atoms with Crippen molar-refractivity contribution >= 4 is 23.3 Å². The average molecular weight is 338 g/mol. The van der Waals surface area contributed by atoms with Crippen molar-refractivity contribution in [2.24, 2.45) is 0 Å². The number of piperidine rings is 1. The Morgan fingerprint density at radius 1 is 1.41 bits per heavy atom. The van der Waals surface area contributed by atoms with Crippen LogP contribution in [0.2, 0.25) is 5.15 Å². The molecule has 1 aromatic rings. The van der Waals surface area contributed by atoms with Gasteiger partial charge in [-0.15, -0.1) is 0 Å². The van der Waals surface area contributed by atoms with Crippen LogP contribution in [0.15, 0.2) is 12.1 Å². The normalized spacial score (nSPS) is 18.2. The third kappa shape index (κ3) is 3.27. The SMILES string of the molecule is CNc1cc(C(=O)N2CCC(O)(C(F)(F)F)CC2)cc(Cl)n1. The van der Waals surface area contributed by atoms with Crippen molar-refractivity contribution < 1.29 is 23.1 Å². The Bertz CT molecular complexity index is 572. The van der Waals surface area contributed by atoms with Crippen molar-refractivity contribution in [3.05, 3.63) is 22.8 Å². The molecule has 22 heavy (non-hydrogen) atoms. The molecule has 0 aliphatic carbocycles. The summed E-state index contributed by atoms with van der Waals surface area (Å²) in [6, 6.07) is 2.83. The molecule has 1 amide bonds. The number of amides is 1. The lowest BCUT2D eigenvalue weighted by Gasteiger charge is -2.39. The second-order valence-electron chi connectivity index (χ2n) is 5.14. The molecule has 0 saturated carbocycles. The summed E-state index contributed by atoms with van der Waals surface area (Å²) in [4.78, 5) is 17.5. The minimum absolute atomic E-state index is 0.110. The van der Waals surface area contributed by atoms with Crippen LogP contribution in [-0.2, 0) is 0 Å². The van der Waals surface area contributed by atoms with Gasteiger partial charge in [0.15, 0.2) is 5.60 Å². The Labute approximate surface area is 130 Å². The number of aliphatic hydroxyl groups is 1. The topological polar surface area (TPSA) is 65.5 Å². The molecule has 0 radical (unpaired) electrons. The van der Waals surface area contributed by atoms with Crippen molar-refractivity contribution in [2.45, 2.75) is 24.6 Å². The summed E-state index contributed by atoms with van der Waals surface area (Å²) in [6.45, 7) is -0.354. The fraction of sp³-hybridized carbons (Fsp3) is 0.538. The quantitative estimate of drug-likeness (QED) is 0.813.